The number of carbonyl (C=O) groups excluding carboxylic acids is 2. The first kappa shape index (κ1) is 34.4. The molecule has 3 heterocycles. The molecular weight excluding hydrogens is 703 g/mol. The Morgan fingerprint density at radius 3 is 1.84 bits per heavy atom. The van der Waals surface area contributed by atoms with Gasteiger partial charge in [0.2, 0.25) is 75.3 Å². The zero-order valence-corrected chi connectivity index (χ0v) is 23.1. The number of terminal acetylenes is 1. The van der Waals surface area contributed by atoms with Crippen LogP contribution in [0.3, 0.4) is 0 Å². The Morgan fingerprint density at radius 1 is 0.837 bits per heavy atom. The van der Waals surface area contributed by atoms with Gasteiger partial charge in [-0.1, -0.05) is 5.92 Å². The normalized spacial score (nSPS) is 18.7. The molecule has 1 aliphatic heterocycles. The van der Waals surface area contributed by atoms with Crippen LogP contribution in [0.15, 0.2) is 6.33 Å². The summed E-state index contributed by atoms with van der Waals surface area (Å²) in [6.45, 7) is -1.40. The highest BCUT2D eigenvalue weighted by atomic mass is 19.2. The third-order valence-corrected chi connectivity index (χ3v) is 6.61. The van der Waals surface area contributed by atoms with Crippen LogP contribution in [-0.4, -0.2) is 50.1 Å². The lowest BCUT2D eigenvalue weighted by atomic mass is 9.98. The number of hydrogen-bond donors (Lipinski definition) is 1. The molecule has 1 unspecified atom stereocenters. The minimum Gasteiger partial charge on any atom is -0.430 e. The molecule has 5 rings (SSSR count). The lowest BCUT2D eigenvalue weighted by molar-refractivity contribution is -0.0994. The van der Waals surface area contributed by atoms with E-state index in [4.69, 9.17) is 21.6 Å². The summed E-state index contributed by atoms with van der Waals surface area (Å²) < 4.78 is 176. The van der Waals surface area contributed by atoms with Gasteiger partial charge in [0.25, 0.3) is 0 Å². The standard InChI is InChI=1S/C26H10F11N5O7/c1-2-26(4-45-24(43)47-19-14(33)10(29)8(27)11(30)15(19)34)6(46-25(44)48-20-16(35)12(31)9(28)13(32)17(20)36)3-7(49-26)42-5-39-18-21(38)40-23(37)41-22(18)42/h1,5-7H,3-4H2,(H2,38,40,41)/t6-,7?,26+/m0/s1. The molecule has 0 aliphatic carbocycles. The van der Waals surface area contributed by atoms with Gasteiger partial charge < -0.3 is 29.4 Å². The van der Waals surface area contributed by atoms with Gasteiger partial charge in [-0.2, -0.15) is 31.9 Å². The number of hydrogen-bond acceptors (Lipinski definition) is 11. The van der Waals surface area contributed by atoms with Crippen molar-refractivity contribution in [1.82, 2.24) is 19.5 Å². The molecule has 1 fully saturated rings. The molecule has 0 bridgehead atoms. The topological polar surface area (TPSA) is 150 Å². The fourth-order valence-corrected chi connectivity index (χ4v) is 4.32. The van der Waals surface area contributed by atoms with Gasteiger partial charge in [0.15, 0.2) is 23.1 Å². The average molecular weight is 713 g/mol. The molecule has 3 atom stereocenters. The van der Waals surface area contributed by atoms with Crippen molar-refractivity contribution >= 4 is 29.3 Å². The molecule has 0 radical (unpaired) electrons. The number of nitrogens with zero attached hydrogens (tertiary/aromatic N) is 4. The van der Waals surface area contributed by atoms with E-state index in [1.54, 1.807) is 0 Å². The second kappa shape index (κ2) is 12.6. The van der Waals surface area contributed by atoms with Crippen LogP contribution in [0.4, 0.5) is 63.7 Å². The molecule has 258 valence electrons. The highest BCUT2D eigenvalue weighted by Gasteiger charge is 2.53. The number of rotatable bonds is 6. The fraction of sp³-hybridized carbons (Fsp3) is 0.192. The average Bonchev–Trinajstić information content (AvgIpc) is 3.65. The summed E-state index contributed by atoms with van der Waals surface area (Å²) in [6.07, 6.45) is -3.68. The third-order valence-electron chi connectivity index (χ3n) is 6.61. The number of benzene rings is 2. The highest BCUT2D eigenvalue weighted by Crippen LogP contribution is 2.41. The largest absolute Gasteiger partial charge is 0.514 e. The maximum absolute atomic E-state index is 14.1. The van der Waals surface area contributed by atoms with Crippen LogP contribution in [0.2, 0.25) is 0 Å². The molecule has 1 aliphatic rings. The van der Waals surface area contributed by atoms with E-state index < -0.39 is 125 Å². The van der Waals surface area contributed by atoms with E-state index >= 15 is 0 Å². The molecule has 0 spiro atoms. The van der Waals surface area contributed by atoms with Crippen LogP contribution in [0.1, 0.15) is 12.6 Å². The molecule has 1 saturated heterocycles. The van der Waals surface area contributed by atoms with Crippen molar-refractivity contribution in [3.8, 4) is 23.8 Å². The van der Waals surface area contributed by atoms with E-state index in [9.17, 15) is 57.9 Å². The van der Waals surface area contributed by atoms with Crippen LogP contribution in [0.5, 0.6) is 11.5 Å². The summed E-state index contributed by atoms with van der Waals surface area (Å²) in [5.41, 5.74) is 2.39. The number of ether oxygens (including phenoxy) is 5. The minimum absolute atomic E-state index is 0.214. The molecule has 23 heteroatoms. The zero-order valence-electron chi connectivity index (χ0n) is 23.1. The van der Waals surface area contributed by atoms with E-state index in [0.717, 1.165) is 10.9 Å². The summed E-state index contributed by atoms with van der Waals surface area (Å²) in [4.78, 5) is 35.4. The third kappa shape index (κ3) is 5.90. The van der Waals surface area contributed by atoms with Crippen molar-refractivity contribution in [1.29, 1.82) is 0 Å². The predicted octanol–water partition coefficient (Wildman–Crippen LogP) is 5.03. The highest BCUT2D eigenvalue weighted by molar-refractivity contribution is 5.81. The van der Waals surface area contributed by atoms with Crippen LogP contribution in [-0.2, 0) is 14.2 Å². The molecular formula is C26H10F11N5O7. The maximum Gasteiger partial charge on any atom is 0.514 e. The Hall–Kier alpha value is -5.92. The second-order valence-electron chi connectivity index (χ2n) is 9.44. The predicted molar refractivity (Wildman–Crippen MR) is 131 cm³/mol. The molecule has 2 aromatic carbocycles. The number of anilines is 1. The minimum atomic E-state index is -2.62. The van der Waals surface area contributed by atoms with E-state index in [2.05, 4.69) is 29.2 Å². The van der Waals surface area contributed by atoms with E-state index in [1.165, 1.54) is 0 Å². The van der Waals surface area contributed by atoms with Crippen molar-refractivity contribution < 1.29 is 81.6 Å². The number of nitrogen functional groups attached to an aromatic ring is 1. The van der Waals surface area contributed by atoms with Crippen LogP contribution in [0, 0.1) is 76.6 Å². The van der Waals surface area contributed by atoms with Crippen molar-refractivity contribution in [2.45, 2.75) is 24.4 Å². The van der Waals surface area contributed by atoms with Crippen molar-refractivity contribution in [2.75, 3.05) is 12.3 Å². The number of nitrogens with two attached hydrogens (primary N) is 1. The van der Waals surface area contributed by atoms with Crippen molar-refractivity contribution in [2.24, 2.45) is 0 Å². The molecule has 49 heavy (non-hydrogen) atoms. The van der Waals surface area contributed by atoms with Gasteiger partial charge in [-0.3, -0.25) is 4.57 Å². The molecule has 4 aromatic rings. The zero-order chi connectivity index (χ0) is 36.1. The van der Waals surface area contributed by atoms with E-state index in [0.29, 0.717) is 0 Å². The summed E-state index contributed by atoms with van der Waals surface area (Å²) in [5, 5.41) is 0. The summed E-state index contributed by atoms with van der Waals surface area (Å²) in [6, 6.07) is 0. The van der Waals surface area contributed by atoms with Gasteiger partial charge in [0, 0.05) is 6.42 Å². The smallest absolute Gasteiger partial charge is 0.430 e. The Morgan fingerprint density at radius 2 is 1.33 bits per heavy atom. The van der Waals surface area contributed by atoms with Gasteiger partial charge in [-0.25, -0.2) is 40.9 Å². The second-order valence-corrected chi connectivity index (χ2v) is 9.44. The lowest BCUT2D eigenvalue weighted by Gasteiger charge is -2.28. The summed E-state index contributed by atoms with van der Waals surface area (Å²) in [7, 11) is 0. The molecule has 0 amide bonds. The SMILES string of the molecule is C#C[C@]1(COC(=O)Oc2c(F)c(F)c(F)c(F)c2F)OC(n2cnc3c(N)nc(F)nc32)C[C@@H]1OC(=O)Oc1c(F)c(F)c(F)c(F)c1F. The quantitative estimate of drug-likeness (QED) is 0.0546. The molecule has 2 N–H and O–H groups in total. The van der Waals surface area contributed by atoms with Crippen molar-refractivity contribution in [3.05, 3.63) is 70.6 Å². The number of fused-ring (bicyclic) bond motifs is 1. The first-order valence-electron chi connectivity index (χ1n) is 12.6. The van der Waals surface area contributed by atoms with E-state index in [1.807, 2.05) is 5.92 Å². The monoisotopic (exact) mass is 713 g/mol. The Bertz CT molecular complexity index is 2040. The number of carbonyl (C=O) groups is 2. The maximum atomic E-state index is 14.1. The van der Waals surface area contributed by atoms with Gasteiger partial charge in [-0.05, 0) is 0 Å². The molecule has 0 saturated carbocycles. The van der Waals surface area contributed by atoms with Gasteiger partial charge in [0.1, 0.15) is 12.8 Å². The molecule has 12 nitrogen and oxygen atoms in total. The summed E-state index contributed by atoms with van der Waals surface area (Å²) in [5.74, 6) is -28.4. The number of halogens is 11. The fourth-order valence-electron chi connectivity index (χ4n) is 4.32. The van der Waals surface area contributed by atoms with Gasteiger partial charge in [0.05, 0.1) is 6.33 Å². The van der Waals surface area contributed by atoms with Crippen LogP contribution < -0.4 is 15.2 Å². The van der Waals surface area contributed by atoms with Crippen molar-refractivity contribution in [3.63, 3.8) is 0 Å². The van der Waals surface area contributed by atoms with Crippen LogP contribution >= 0.6 is 0 Å². The van der Waals surface area contributed by atoms with Crippen LogP contribution in [0.25, 0.3) is 11.2 Å². The number of imidazole rings is 1. The first-order chi connectivity index (χ1) is 23.0. The van der Waals surface area contributed by atoms with Gasteiger partial charge >= 0.3 is 18.4 Å². The first-order valence-corrected chi connectivity index (χ1v) is 12.6. The summed E-state index contributed by atoms with van der Waals surface area (Å²) >= 11 is 0. The number of aromatic nitrogens is 4. The Balaban J connectivity index is 1.46. The molecule has 2 aromatic heterocycles. The van der Waals surface area contributed by atoms with Gasteiger partial charge in [-0.15, -0.1) is 6.42 Å². The Kier molecular flexibility index (Phi) is 8.85. The van der Waals surface area contributed by atoms with E-state index in [-0.39, 0.29) is 11.2 Å². The lowest BCUT2D eigenvalue weighted by Crippen LogP contribution is -2.46. The Labute approximate surface area is 262 Å².